The summed E-state index contributed by atoms with van der Waals surface area (Å²) in [6.45, 7) is 12.8. The van der Waals surface area contributed by atoms with E-state index in [4.69, 9.17) is 0 Å². The van der Waals surface area contributed by atoms with Gasteiger partial charge in [-0.15, -0.1) is 0 Å². The smallest absolute Gasteiger partial charge is 0.170 e. The van der Waals surface area contributed by atoms with Crippen LogP contribution in [0.2, 0.25) is 0 Å². The van der Waals surface area contributed by atoms with Crippen LogP contribution in [0.1, 0.15) is 74.1 Å². The van der Waals surface area contributed by atoms with E-state index in [2.05, 4.69) is 0 Å². The summed E-state index contributed by atoms with van der Waals surface area (Å²) in [7, 11) is 0. The highest BCUT2D eigenvalue weighted by Gasteiger charge is 2.26. The maximum atomic E-state index is 12.4. The van der Waals surface area contributed by atoms with Crippen LogP contribution < -0.4 is 0 Å². The number of hydrogen-bond donors (Lipinski definition) is 1. The second-order valence-corrected chi connectivity index (χ2v) is 7.78. The van der Waals surface area contributed by atoms with Crippen molar-refractivity contribution in [1.29, 1.82) is 0 Å². The lowest BCUT2D eigenvalue weighted by molar-refractivity contribution is -0.122. The number of ketones is 3. The summed E-state index contributed by atoms with van der Waals surface area (Å²) in [6, 6.07) is 0. The predicted octanol–water partition coefficient (Wildman–Crippen LogP) is 5.29. The molecule has 0 amide bonds. The molecule has 0 rings (SSSR count). The Morgan fingerprint density at radius 1 is 0.885 bits per heavy atom. The van der Waals surface area contributed by atoms with E-state index in [0.717, 1.165) is 11.1 Å². The average molecular weight is 363 g/mol. The Bertz CT molecular complexity index is 610. The lowest BCUT2D eigenvalue weighted by atomic mass is 9.88. The molecule has 146 valence electrons. The summed E-state index contributed by atoms with van der Waals surface area (Å²) < 4.78 is 0. The number of hydrogen-bond acceptors (Lipinski definition) is 4. The van der Waals surface area contributed by atoms with Gasteiger partial charge in [-0.05, 0) is 47.0 Å². The van der Waals surface area contributed by atoms with Crippen molar-refractivity contribution in [2.24, 2.45) is 11.8 Å². The van der Waals surface area contributed by atoms with Crippen LogP contribution in [0.25, 0.3) is 0 Å². The summed E-state index contributed by atoms with van der Waals surface area (Å²) in [5, 5.41) is 10.7. The maximum Gasteiger partial charge on any atom is 0.170 e. The van der Waals surface area contributed by atoms with Crippen LogP contribution in [-0.2, 0) is 14.4 Å². The van der Waals surface area contributed by atoms with Gasteiger partial charge >= 0.3 is 0 Å². The van der Waals surface area contributed by atoms with Crippen molar-refractivity contribution in [3.8, 4) is 0 Å². The molecule has 0 aromatic carbocycles. The van der Waals surface area contributed by atoms with Crippen molar-refractivity contribution < 1.29 is 19.5 Å². The second kappa shape index (κ2) is 11.6. The van der Waals surface area contributed by atoms with Crippen LogP contribution in [0.4, 0.5) is 0 Å². The highest BCUT2D eigenvalue weighted by atomic mass is 16.3. The lowest BCUT2D eigenvalue weighted by Crippen LogP contribution is -2.20. The van der Waals surface area contributed by atoms with E-state index in [9.17, 15) is 19.5 Å². The molecule has 0 spiro atoms. The molecule has 0 bridgehead atoms. The van der Waals surface area contributed by atoms with E-state index in [1.807, 2.05) is 53.7 Å². The molecule has 26 heavy (non-hydrogen) atoms. The van der Waals surface area contributed by atoms with E-state index >= 15 is 0 Å². The summed E-state index contributed by atoms with van der Waals surface area (Å²) in [6.07, 6.45) is 4.76. The fraction of sp³-hybridized carbons (Fsp3) is 0.591. The van der Waals surface area contributed by atoms with Crippen LogP contribution in [0.15, 0.2) is 34.6 Å². The first-order valence-corrected chi connectivity index (χ1v) is 9.21. The predicted molar refractivity (Wildman–Crippen MR) is 106 cm³/mol. The molecule has 0 saturated heterocycles. The van der Waals surface area contributed by atoms with Gasteiger partial charge in [-0.2, -0.15) is 0 Å². The van der Waals surface area contributed by atoms with Gasteiger partial charge in [0.05, 0.1) is 5.57 Å². The first-order chi connectivity index (χ1) is 12.0. The van der Waals surface area contributed by atoms with Crippen molar-refractivity contribution in [3.05, 3.63) is 34.6 Å². The van der Waals surface area contributed by atoms with Gasteiger partial charge in [0, 0.05) is 25.2 Å². The Balaban J connectivity index is 5.75. The minimum atomic E-state index is -0.557. The molecule has 0 aliphatic heterocycles. The van der Waals surface area contributed by atoms with Crippen molar-refractivity contribution in [3.63, 3.8) is 0 Å². The van der Waals surface area contributed by atoms with Crippen molar-refractivity contribution in [2.75, 3.05) is 0 Å². The van der Waals surface area contributed by atoms with Crippen LogP contribution in [0.3, 0.4) is 0 Å². The zero-order valence-corrected chi connectivity index (χ0v) is 17.3. The van der Waals surface area contributed by atoms with Gasteiger partial charge in [-0.25, -0.2) is 0 Å². The highest BCUT2D eigenvalue weighted by Crippen LogP contribution is 2.25. The normalized spacial score (nSPS) is 12.9. The third kappa shape index (κ3) is 9.50. The molecule has 0 heterocycles. The first kappa shape index (κ1) is 24.0. The van der Waals surface area contributed by atoms with E-state index in [-0.39, 0.29) is 48.1 Å². The maximum absolute atomic E-state index is 12.4. The largest absolute Gasteiger partial charge is 0.511 e. The third-order valence-electron chi connectivity index (χ3n) is 3.89. The lowest BCUT2D eigenvalue weighted by Gasteiger charge is -2.17. The summed E-state index contributed by atoms with van der Waals surface area (Å²) >= 11 is 0. The van der Waals surface area contributed by atoms with Gasteiger partial charge in [-0.1, -0.05) is 37.1 Å². The Hall–Kier alpha value is -1.97. The zero-order valence-electron chi connectivity index (χ0n) is 17.3. The van der Waals surface area contributed by atoms with Gasteiger partial charge in [0.2, 0.25) is 0 Å². The van der Waals surface area contributed by atoms with Crippen LogP contribution >= 0.6 is 0 Å². The number of aliphatic hydroxyl groups is 1. The third-order valence-corrected chi connectivity index (χ3v) is 3.89. The van der Waals surface area contributed by atoms with Crippen LogP contribution in [0.5, 0.6) is 0 Å². The molecule has 0 unspecified atom stereocenters. The topological polar surface area (TPSA) is 71.4 Å². The quantitative estimate of drug-likeness (QED) is 0.178. The van der Waals surface area contributed by atoms with Crippen LogP contribution in [-0.4, -0.2) is 22.5 Å². The molecule has 0 aromatic rings. The number of rotatable bonds is 11. The van der Waals surface area contributed by atoms with Gasteiger partial charge in [0.25, 0.3) is 0 Å². The number of aliphatic hydroxyl groups excluding tert-OH is 1. The summed E-state index contributed by atoms with van der Waals surface area (Å²) in [4.78, 5) is 36.7. The molecule has 0 radical (unpaired) electrons. The van der Waals surface area contributed by atoms with Crippen molar-refractivity contribution in [1.82, 2.24) is 0 Å². The Kier molecular flexibility index (Phi) is 10.7. The van der Waals surface area contributed by atoms with E-state index in [1.165, 1.54) is 6.92 Å². The summed E-state index contributed by atoms with van der Waals surface area (Å²) in [5.41, 5.74) is 1.95. The Labute approximate surface area is 158 Å². The molecule has 1 atom stereocenters. The number of allylic oxidation sites excluding steroid dienone is 6. The van der Waals surface area contributed by atoms with Gasteiger partial charge in [-0.3, -0.25) is 14.4 Å². The molecule has 4 nitrogen and oxygen atoms in total. The number of carbonyl (C=O) groups excluding carboxylic acids is 3. The molecule has 0 aliphatic rings. The molecule has 4 heteroatoms. The molecule has 1 N–H and O–H groups in total. The van der Waals surface area contributed by atoms with Gasteiger partial charge in [0.15, 0.2) is 11.6 Å². The van der Waals surface area contributed by atoms with Gasteiger partial charge in [0.1, 0.15) is 11.5 Å². The fourth-order valence-electron chi connectivity index (χ4n) is 2.54. The average Bonchev–Trinajstić information content (AvgIpc) is 2.47. The minimum Gasteiger partial charge on any atom is -0.511 e. The molecule has 0 aromatic heterocycles. The zero-order chi connectivity index (χ0) is 20.4. The van der Waals surface area contributed by atoms with Crippen molar-refractivity contribution in [2.45, 2.75) is 74.1 Å². The van der Waals surface area contributed by atoms with E-state index < -0.39 is 11.7 Å². The minimum absolute atomic E-state index is 0.0240. The fourth-order valence-corrected chi connectivity index (χ4v) is 2.54. The molecular weight excluding hydrogens is 328 g/mol. The molecule has 0 saturated carbocycles. The van der Waals surface area contributed by atoms with Gasteiger partial charge < -0.3 is 5.11 Å². The van der Waals surface area contributed by atoms with Crippen LogP contribution in [0, 0.1) is 11.8 Å². The Morgan fingerprint density at radius 3 is 1.85 bits per heavy atom. The number of carbonyl (C=O) groups is 3. The van der Waals surface area contributed by atoms with E-state index in [0.29, 0.717) is 6.42 Å². The van der Waals surface area contributed by atoms with Crippen molar-refractivity contribution >= 4 is 17.3 Å². The Morgan fingerprint density at radius 2 is 1.42 bits per heavy atom. The monoisotopic (exact) mass is 362 g/mol. The molecule has 0 aliphatic carbocycles. The highest BCUT2D eigenvalue weighted by molar-refractivity contribution is 6.19. The van der Waals surface area contributed by atoms with E-state index in [1.54, 1.807) is 0 Å². The summed E-state index contributed by atoms with van der Waals surface area (Å²) in [5.74, 6) is -1.55. The molecular formula is C22H34O4. The first-order valence-electron chi connectivity index (χ1n) is 9.21. The number of Topliss-reactive ketones (excluding diaryl/α,β-unsaturated/α-hetero) is 3. The molecule has 0 fully saturated rings. The SMILES string of the molecule is CC(=O)C(C(=O)CC(C)C)=C(O)[C@@H](CC=C(C)C)CC(=O)CC=C(C)C. The second-order valence-electron chi connectivity index (χ2n) is 7.78. The standard InChI is InChI=1S/C22H34O4/c1-14(2)8-10-18(13-19(24)11-9-15(3)4)22(26)21(17(7)23)20(25)12-16(5)6/h8-9,16,18,26H,10-13H2,1-7H3/t18-/m0/s1.